The Hall–Kier alpha value is -0.780. The quantitative estimate of drug-likeness (QED) is 0.859. The number of nitrogens with zero attached hydrogens (tertiary/aromatic N) is 1. The first-order chi connectivity index (χ1) is 9.37. The molecule has 112 valence electrons. The van der Waals surface area contributed by atoms with Crippen LogP contribution in [0.15, 0.2) is 23.1 Å². The molecule has 1 heterocycles. The molecule has 1 saturated heterocycles. The Morgan fingerprint density at radius 2 is 1.85 bits per heavy atom. The Morgan fingerprint density at radius 1 is 1.25 bits per heavy atom. The van der Waals surface area contributed by atoms with Crippen LogP contribution in [0.4, 0.5) is 0 Å². The lowest BCUT2D eigenvalue weighted by Crippen LogP contribution is -2.47. The van der Waals surface area contributed by atoms with E-state index in [0.717, 1.165) is 19.3 Å². The number of ether oxygens (including phenoxy) is 1. The van der Waals surface area contributed by atoms with E-state index in [1.807, 2.05) is 13.8 Å². The molecule has 4 nitrogen and oxygen atoms in total. The fraction of sp³-hybridized carbons (Fsp3) is 0.571. The molecule has 0 unspecified atom stereocenters. The Balaban J connectivity index is 2.51. The van der Waals surface area contributed by atoms with Crippen molar-refractivity contribution in [3.8, 4) is 5.75 Å². The smallest absolute Gasteiger partial charge is 0.247 e. The first kappa shape index (κ1) is 15.6. The van der Waals surface area contributed by atoms with Crippen molar-refractivity contribution in [3.63, 3.8) is 0 Å². The van der Waals surface area contributed by atoms with Crippen LogP contribution in [-0.4, -0.2) is 31.9 Å². The first-order valence-electron chi connectivity index (χ1n) is 6.75. The third-order valence-electron chi connectivity index (χ3n) is 3.79. The van der Waals surface area contributed by atoms with E-state index in [4.69, 9.17) is 16.3 Å². The Labute approximate surface area is 125 Å². The number of halogens is 1. The van der Waals surface area contributed by atoms with Crippen molar-refractivity contribution >= 4 is 21.6 Å². The maximum Gasteiger partial charge on any atom is 0.247 e. The Bertz CT molecular complexity index is 578. The van der Waals surface area contributed by atoms with Crippen LogP contribution in [0.5, 0.6) is 5.75 Å². The van der Waals surface area contributed by atoms with Gasteiger partial charge in [0.25, 0.3) is 0 Å². The summed E-state index contributed by atoms with van der Waals surface area (Å²) in [6.45, 7) is 3.90. The Morgan fingerprint density at radius 3 is 2.40 bits per heavy atom. The number of sulfonamides is 1. The van der Waals surface area contributed by atoms with Gasteiger partial charge >= 0.3 is 0 Å². The number of rotatable bonds is 3. The lowest BCUT2D eigenvalue weighted by atomic mass is 10.0. The van der Waals surface area contributed by atoms with E-state index in [1.54, 1.807) is 16.4 Å². The lowest BCUT2D eigenvalue weighted by molar-refractivity contribution is 0.203. The van der Waals surface area contributed by atoms with Gasteiger partial charge in [-0.05, 0) is 44.9 Å². The maximum absolute atomic E-state index is 12.9. The predicted octanol–water partition coefficient (Wildman–Crippen LogP) is 3.30. The van der Waals surface area contributed by atoms with E-state index in [-0.39, 0.29) is 17.0 Å². The molecule has 0 radical (unpaired) electrons. The van der Waals surface area contributed by atoms with Crippen molar-refractivity contribution in [3.05, 3.63) is 23.2 Å². The molecule has 0 aromatic heterocycles. The van der Waals surface area contributed by atoms with E-state index in [2.05, 4.69) is 0 Å². The van der Waals surface area contributed by atoms with Crippen molar-refractivity contribution in [1.82, 2.24) is 4.31 Å². The summed E-state index contributed by atoms with van der Waals surface area (Å²) in [4.78, 5) is 0.146. The molecule has 2 atom stereocenters. The summed E-state index contributed by atoms with van der Waals surface area (Å²) in [6, 6.07) is 4.67. The van der Waals surface area contributed by atoms with Crippen LogP contribution in [0.3, 0.4) is 0 Å². The molecule has 0 aliphatic carbocycles. The van der Waals surface area contributed by atoms with Crippen LogP contribution >= 0.6 is 11.6 Å². The highest BCUT2D eigenvalue weighted by Crippen LogP contribution is 2.34. The number of methoxy groups -OCH3 is 1. The zero-order valence-corrected chi connectivity index (χ0v) is 13.5. The highest BCUT2D eigenvalue weighted by atomic mass is 35.5. The minimum atomic E-state index is -3.60. The molecule has 1 aromatic rings. The summed E-state index contributed by atoms with van der Waals surface area (Å²) < 4.78 is 32.6. The van der Waals surface area contributed by atoms with Gasteiger partial charge in [0, 0.05) is 17.1 Å². The molecule has 1 aliphatic rings. The van der Waals surface area contributed by atoms with Gasteiger partial charge in [-0.1, -0.05) is 18.0 Å². The summed E-state index contributed by atoms with van der Waals surface area (Å²) >= 11 is 5.95. The van der Waals surface area contributed by atoms with Crippen LogP contribution in [-0.2, 0) is 10.0 Å². The van der Waals surface area contributed by atoms with Gasteiger partial charge < -0.3 is 4.74 Å². The van der Waals surface area contributed by atoms with Crippen molar-refractivity contribution in [1.29, 1.82) is 0 Å². The average molecular weight is 318 g/mol. The van der Waals surface area contributed by atoms with E-state index >= 15 is 0 Å². The highest BCUT2D eigenvalue weighted by Gasteiger charge is 2.37. The third kappa shape index (κ3) is 2.80. The third-order valence-corrected chi connectivity index (χ3v) is 6.18. The van der Waals surface area contributed by atoms with Gasteiger partial charge in [-0.25, -0.2) is 8.42 Å². The second kappa shape index (κ2) is 5.92. The van der Waals surface area contributed by atoms with E-state index in [1.165, 1.54) is 13.2 Å². The molecule has 0 bridgehead atoms. The fourth-order valence-electron chi connectivity index (χ4n) is 2.84. The maximum atomic E-state index is 12.9. The average Bonchev–Trinajstić information content (AvgIpc) is 2.38. The second-order valence-electron chi connectivity index (χ2n) is 5.26. The van der Waals surface area contributed by atoms with Gasteiger partial charge in [0.2, 0.25) is 10.0 Å². The monoisotopic (exact) mass is 317 g/mol. The number of piperidine rings is 1. The minimum Gasteiger partial charge on any atom is -0.495 e. The zero-order chi connectivity index (χ0) is 14.9. The molecule has 2 rings (SSSR count). The molecule has 0 amide bonds. The largest absolute Gasteiger partial charge is 0.495 e. The summed E-state index contributed by atoms with van der Waals surface area (Å²) in [6.07, 6.45) is 2.82. The van der Waals surface area contributed by atoms with Gasteiger partial charge in [-0.2, -0.15) is 4.31 Å². The topological polar surface area (TPSA) is 46.6 Å². The van der Waals surface area contributed by atoms with Crippen LogP contribution in [0.25, 0.3) is 0 Å². The SMILES string of the molecule is COc1ccc(Cl)cc1S(=O)(=O)N1[C@H](C)CCC[C@@H]1C. The number of hydrogen-bond donors (Lipinski definition) is 0. The van der Waals surface area contributed by atoms with Crippen molar-refractivity contribution in [2.24, 2.45) is 0 Å². The van der Waals surface area contributed by atoms with Gasteiger partial charge in [0.1, 0.15) is 10.6 Å². The van der Waals surface area contributed by atoms with E-state index in [0.29, 0.717) is 10.8 Å². The normalized spacial score (nSPS) is 24.6. The molecule has 0 spiro atoms. The molecule has 0 N–H and O–H groups in total. The summed E-state index contributed by atoms with van der Waals surface area (Å²) in [7, 11) is -2.14. The fourth-order valence-corrected chi connectivity index (χ4v) is 5.14. The van der Waals surface area contributed by atoms with Crippen molar-refractivity contribution in [2.45, 2.75) is 50.1 Å². The summed E-state index contributed by atoms with van der Waals surface area (Å²) in [5.41, 5.74) is 0. The molecular formula is C14H20ClNO3S. The molecule has 1 aromatic carbocycles. The molecule has 0 saturated carbocycles. The van der Waals surface area contributed by atoms with Crippen LogP contribution in [0, 0.1) is 0 Å². The number of hydrogen-bond acceptors (Lipinski definition) is 3. The van der Waals surface area contributed by atoms with Gasteiger partial charge in [-0.15, -0.1) is 0 Å². The first-order valence-corrected chi connectivity index (χ1v) is 8.57. The molecule has 1 aliphatic heterocycles. The van der Waals surface area contributed by atoms with Gasteiger partial charge in [-0.3, -0.25) is 0 Å². The highest BCUT2D eigenvalue weighted by molar-refractivity contribution is 7.89. The minimum absolute atomic E-state index is 0.00700. The molecule has 6 heteroatoms. The molecule has 1 fully saturated rings. The van der Waals surface area contributed by atoms with Crippen molar-refractivity contribution < 1.29 is 13.2 Å². The molecule has 20 heavy (non-hydrogen) atoms. The summed E-state index contributed by atoms with van der Waals surface area (Å²) in [5.74, 6) is 0.333. The number of benzene rings is 1. The zero-order valence-electron chi connectivity index (χ0n) is 12.0. The predicted molar refractivity (Wildman–Crippen MR) is 79.8 cm³/mol. The van der Waals surface area contributed by atoms with Gasteiger partial charge in [0.05, 0.1) is 7.11 Å². The Kier molecular flexibility index (Phi) is 4.62. The van der Waals surface area contributed by atoms with Crippen molar-refractivity contribution in [2.75, 3.05) is 7.11 Å². The van der Waals surface area contributed by atoms with E-state index < -0.39 is 10.0 Å². The van der Waals surface area contributed by atoms with E-state index in [9.17, 15) is 8.42 Å². The summed E-state index contributed by atoms with van der Waals surface area (Å²) in [5, 5.41) is 0.390. The van der Waals surface area contributed by atoms with Crippen LogP contribution in [0.2, 0.25) is 5.02 Å². The lowest BCUT2D eigenvalue weighted by Gasteiger charge is -2.37. The second-order valence-corrected chi connectivity index (χ2v) is 7.51. The standard InChI is InChI=1S/C14H20ClNO3S/c1-10-5-4-6-11(2)16(10)20(17,18)14-9-12(15)7-8-13(14)19-3/h7-11H,4-6H2,1-3H3/t10-,11+. The molecular weight excluding hydrogens is 298 g/mol. The van der Waals surface area contributed by atoms with Gasteiger partial charge in [0.15, 0.2) is 0 Å². The van der Waals surface area contributed by atoms with Crippen LogP contribution < -0.4 is 4.74 Å². The van der Waals surface area contributed by atoms with Crippen LogP contribution in [0.1, 0.15) is 33.1 Å².